The first-order valence-electron chi connectivity index (χ1n) is 8.43. The van der Waals surface area contributed by atoms with E-state index < -0.39 is 5.97 Å². The number of thiazole rings is 1. The standard InChI is InChI=1S/C19H22N2O3S/c1-11-4-7-15(12(2)8-11)19-21-13(3)17(25-19)18(23)20-9-16(22)24-10-14-5-6-14/h4,7-8,14H,5-6,9-10H2,1-3H3,(H,20,23). The molecule has 0 saturated heterocycles. The summed E-state index contributed by atoms with van der Waals surface area (Å²) < 4.78 is 5.12. The van der Waals surface area contributed by atoms with Gasteiger partial charge in [0.05, 0.1) is 12.3 Å². The van der Waals surface area contributed by atoms with Crippen LogP contribution in [0.3, 0.4) is 0 Å². The van der Waals surface area contributed by atoms with Gasteiger partial charge < -0.3 is 10.1 Å². The number of esters is 1. The number of carbonyl (C=O) groups excluding carboxylic acids is 2. The van der Waals surface area contributed by atoms with E-state index in [9.17, 15) is 9.59 Å². The van der Waals surface area contributed by atoms with Crippen molar-refractivity contribution in [2.75, 3.05) is 13.2 Å². The fourth-order valence-corrected chi connectivity index (χ4v) is 3.63. The van der Waals surface area contributed by atoms with Crippen molar-refractivity contribution in [3.8, 4) is 10.6 Å². The lowest BCUT2D eigenvalue weighted by Crippen LogP contribution is -2.30. The molecule has 25 heavy (non-hydrogen) atoms. The molecule has 132 valence electrons. The molecule has 0 aliphatic heterocycles. The second kappa shape index (κ2) is 7.35. The Labute approximate surface area is 151 Å². The van der Waals surface area contributed by atoms with Crippen molar-refractivity contribution < 1.29 is 14.3 Å². The van der Waals surface area contributed by atoms with Crippen molar-refractivity contribution in [1.82, 2.24) is 10.3 Å². The first-order valence-corrected chi connectivity index (χ1v) is 9.24. The van der Waals surface area contributed by atoms with Crippen LogP contribution in [0.1, 0.15) is 39.3 Å². The van der Waals surface area contributed by atoms with Gasteiger partial charge in [-0.25, -0.2) is 4.98 Å². The number of nitrogens with one attached hydrogen (secondary N) is 1. The van der Waals surface area contributed by atoms with E-state index in [-0.39, 0.29) is 12.5 Å². The summed E-state index contributed by atoms with van der Waals surface area (Å²) in [5, 5.41) is 3.45. The van der Waals surface area contributed by atoms with Crippen LogP contribution in [0.5, 0.6) is 0 Å². The molecule has 5 nitrogen and oxygen atoms in total. The number of ether oxygens (including phenoxy) is 1. The second-order valence-electron chi connectivity index (χ2n) is 6.56. The van der Waals surface area contributed by atoms with Crippen molar-refractivity contribution in [3.05, 3.63) is 39.9 Å². The van der Waals surface area contributed by atoms with Gasteiger partial charge >= 0.3 is 5.97 Å². The molecule has 1 amide bonds. The van der Waals surface area contributed by atoms with Gasteiger partial charge in [0.2, 0.25) is 0 Å². The lowest BCUT2D eigenvalue weighted by atomic mass is 10.1. The SMILES string of the molecule is Cc1ccc(-c2nc(C)c(C(=O)NCC(=O)OCC3CC3)s2)c(C)c1. The Bertz CT molecular complexity index is 809. The van der Waals surface area contributed by atoms with Crippen LogP contribution in [0.2, 0.25) is 0 Å². The van der Waals surface area contributed by atoms with Gasteiger partial charge in [0, 0.05) is 5.56 Å². The van der Waals surface area contributed by atoms with Crippen LogP contribution in [0.15, 0.2) is 18.2 Å². The van der Waals surface area contributed by atoms with Gasteiger partial charge in [-0.15, -0.1) is 11.3 Å². The van der Waals surface area contributed by atoms with Gasteiger partial charge in [-0.2, -0.15) is 0 Å². The van der Waals surface area contributed by atoms with Crippen molar-refractivity contribution in [2.45, 2.75) is 33.6 Å². The molecule has 1 fully saturated rings. The molecule has 1 aliphatic rings. The van der Waals surface area contributed by atoms with E-state index in [2.05, 4.69) is 16.4 Å². The summed E-state index contributed by atoms with van der Waals surface area (Å²) in [7, 11) is 0. The monoisotopic (exact) mass is 358 g/mol. The Balaban J connectivity index is 1.64. The van der Waals surface area contributed by atoms with E-state index in [4.69, 9.17) is 4.74 Å². The van der Waals surface area contributed by atoms with Crippen LogP contribution in [0.25, 0.3) is 10.6 Å². The van der Waals surface area contributed by atoms with Crippen molar-refractivity contribution in [3.63, 3.8) is 0 Å². The highest BCUT2D eigenvalue weighted by molar-refractivity contribution is 7.17. The summed E-state index contributed by atoms with van der Waals surface area (Å²) >= 11 is 1.35. The molecule has 1 aromatic heterocycles. The molecule has 1 N–H and O–H groups in total. The quantitative estimate of drug-likeness (QED) is 0.804. The molecule has 0 radical (unpaired) electrons. The third-order valence-electron chi connectivity index (χ3n) is 4.19. The largest absolute Gasteiger partial charge is 0.464 e. The summed E-state index contributed by atoms with van der Waals surface area (Å²) in [6.45, 7) is 6.25. The number of aryl methyl sites for hydroxylation is 3. The summed E-state index contributed by atoms with van der Waals surface area (Å²) in [4.78, 5) is 29.1. The maximum atomic E-state index is 12.4. The van der Waals surface area contributed by atoms with E-state index >= 15 is 0 Å². The first kappa shape index (κ1) is 17.6. The van der Waals surface area contributed by atoms with E-state index in [0.29, 0.717) is 23.1 Å². The minimum absolute atomic E-state index is 0.109. The summed E-state index contributed by atoms with van der Waals surface area (Å²) in [5.74, 6) is -0.157. The number of amides is 1. The van der Waals surface area contributed by atoms with Crippen LogP contribution in [0.4, 0.5) is 0 Å². The Kier molecular flexibility index (Phi) is 5.18. The molecule has 2 aromatic rings. The smallest absolute Gasteiger partial charge is 0.325 e. The highest BCUT2D eigenvalue weighted by Gasteiger charge is 2.23. The van der Waals surface area contributed by atoms with Crippen molar-refractivity contribution >= 4 is 23.2 Å². The van der Waals surface area contributed by atoms with E-state index in [1.54, 1.807) is 0 Å². The average Bonchev–Trinajstić information content (AvgIpc) is 3.32. The van der Waals surface area contributed by atoms with E-state index in [0.717, 1.165) is 29.0 Å². The zero-order chi connectivity index (χ0) is 18.0. The fourth-order valence-electron chi connectivity index (χ4n) is 2.55. The van der Waals surface area contributed by atoms with Gasteiger partial charge in [0.25, 0.3) is 5.91 Å². The molecule has 1 heterocycles. The number of hydrogen-bond donors (Lipinski definition) is 1. The maximum Gasteiger partial charge on any atom is 0.325 e. The van der Waals surface area contributed by atoms with Gasteiger partial charge in [-0.1, -0.05) is 23.8 Å². The third-order valence-corrected chi connectivity index (χ3v) is 5.37. The van der Waals surface area contributed by atoms with Crippen LogP contribution in [-0.4, -0.2) is 30.0 Å². The molecule has 0 spiro atoms. The number of rotatable bonds is 6. The number of carbonyl (C=O) groups is 2. The zero-order valence-electron chi connectivity index (χ0n) is 14.7. The summed E-state index contributed by atoms with van der Waals surface area (Å²) in [6.07, 6.45) is 2.25. The molecule has 3 rings (SSSR count). The minimum atomic E-state index is -0.392. The zero-order valence-corrected chi connectivity index (χ0v) is 15.5. The third kappa shape index (κ3) is 4.45. The number of hydrogen-bond acceptors (Lipinski definition) is 5. The molecular weight excluding hydrogens is 336 g/mol. The Morgan fingerprint density at radius 1 is 1.28 bits per heavy atom. The van der Waals surface area contributed by atoms with E-state index in [1.165, 1.54) is 16.9 Å². The van der Waals surface area contributed by atoms with E-state index in [1.807, 2.05) is 32.9 Å². The van der Waals surface area contributed by atoms with Crippen LogP contribution >= 0.6 is 11.3 Å². The molecular formula is C19H22N2O3S. The second-order valence-corrected chi connectivity index (χ2v) is 7.56. The molecule has 1 aliphatic carbocycles. The normalized spacial score (nSPS) is 13.6. The summed E-state index contributed by atoms with van der Waals surface area (Å²) in [6, 6.07) is 6.16. The van der Waals surface area contributed by atoms with Gasteiger partial charge in [0.15, 0.2) is 0 Å². The average molecular weight is 358 g/mol. The molecule has 1 aromatic carbocycles. The number of aromatic nitrogens is 1. The van der Waals surface area contributed by atoms with Crippen molar-refractivity contribution in [2.24, 2.45) is 5.92 Å². The molecule has 0 bridgehead atoms. The van der Waals surface area contributed by atoms with Crippen LogP contribution in [0, 0.1) is 26.7 Å². The van der Waals surface area contributed by atoms with Gasteiger partial charge in [-0.05, 0) is 45.1 Å². The lowest BCUT2D eigenvalue weighted by Gasteiger charge is -2.05. The van der Waals surface area contributed by atoms with Gasteiger partial charge in [0.1, 0.15) is 16.4 Å². The number of nitrogens with zero attached hydrogens (tertiary/aromatic N) is 1. The molecule has 0 unspecified atom stereocenters. The minimum Gasteiger partial charge on any atom is -0.464 e. The van der Waals surface area contributed by atoms with Crippen LogP contribution < -0.4 is 5.32 Å². The molecule has 0 atom stereocenters. The fraction of sp³-hybridized carbons (Fsp3) is 0.421. The predicted octanol–water partition coefficient (Wildman–Crippen LogP) is 3.42. The lowest BCUT2D eigenvalue weighted by molar-refractivity contribution is -0.142. The number of benzene rings is 1. The molecule has 6 heteroatoms. The summed E-state index contributed by atoms with van der Waals surface area (Å²) in [5.41, 5.74) is 4.02. The Morgan fingerprint density at radius 2 is 2.04 bits per heavy atom. The molecule has 1 saturated carbocycles. The van der Waals surface area contributed by atoms with Crippen molar-refractivity contribution in [1.29, 1.82) is 0 Å². The Hall–Kier alpha value is -2.21. The highest BCUT2D eigenvalue weighted by atomic mass is 32.1. The Morgan fingerprint density at radius 3 is 2.72 bits per heavy atom. The van der Waals surface area contributed by atoms with Gasteiger partial charge in [-0.3, -0.25) is 9.59 Å². The topological polar surface area (TPSA) is 68.3 Å². The van der Waals surface area contributed by atoms with Crippen LogP contribution in [-0.2, 0) is 9.53 Å². The maximum absolute atomic E-state index is 12.4. The predicted molar refractivity (Wildman–Crippen MR) is 97.8 cm³/mol. The highest BCUT2D eigenvalue weighted by Crippen LogP contribution is 2.31. The first-order chi connectivity index (χ1) is 11.9.